The molecule has 1 aromatic rings. The van der Waals surface area contributed by atoms with Gasteiger partial charge in [-0.15, -0.1) is 0 Å². The molecule has 0 saturated carbocycles. The molecule has 12 heavy (non-hydrogen) atoms. The Balaban J connectivity index is 2.65. The number of aromatic nitrogens is 1. The normalized spacial score (nSPS) is 10.8. The fourth-order valence-corrected chi connectivity index (χ4v) is 1.31. The van der Waals surface area contributed by atoms with Crippen molar-refractivity contribution in [3.63, 3.8) is 0 Å². The second-order valence-corrected chi connectivity index (χ2v) is 3.54. The van der Waals surface area contributed by atoms with Crippen molar-refractivity contribution in [1.82, 2.24) is 5.16 Å². The number of rotatable bonds is 3. The average Bonchev–Trinajstić information content (AvgIpc) is 2.33. The molecule has 3 heteroatoms. The number of hydrogen-bond acceptors (Lipinski definition) is 3. The van der Waals surface area contributed by atoms with Gasteiger partial charge in [0.1, 0.15) is 0 Å². The molecule has 0 unspecified atom stereocenters. The standard InChI is InChI=1S/C9H16N2O/c1-7(2)6-11(4)9-5-10-12-8(9)3/h5,7H,6H2,1-4H3. The van der Waals surface area contributed by atoms with E-state index in [9.17, 15) is 0 Å². The topological polar surface area (TPSA) is 29.3 Å². The van der Waals surface area contributed by atoms with Crippen molar-refractivity contribution in [3.05, 3.63) is 12.0 Å². The van der Waals surface area contributed by atoms with E-state index in [-0.39, 0.29) is 0 Å². The first-order valence-corrected chi connectivity index (χ1v) is 4.23. The fraction of sp³-hybridized carbons (Fsp3) is 0.667. The molecule has 1 aromatic heterocycles. The molecule has 68 valence electrons. The number of anilines is 1. The monoisotopic (exact) mass is 168 g/mol. The van der Waals surface area contributed by atoms with Crippen LogP contribution in [-0.4, -0.2) is 18.7 Å². The average molecular weight is 168 g/mol. The summed E-state index contributed by atoms with van der Waals surface area (Å²) in [6, 6.07) is 0. The SMILES string of the molecule is Cc1oncc1N(C)CC(C)C. The Morgan fingerprint density at radius 2 is 2.25 bits per heavy atom. The van der Waals surface area contributed by atoms with Gasteiger partial charge in [0, 0.05) is 13.6 Å². The molecule has 1 rings (SSSR count). The summed E-state index contributed by atoms with van der Waals surface area (Å²) in [6.45, 7) is 7.35. The minimum Gasteiger partial charge on any atom is -0.370 e. The second-order valence-electron chi connectivity index (χ2n) is 3.54. The molecule has 0 aliphatic heterocycles. The third-order valence-electron chi connectivity index (χ3n) is 1.78. The van der Waals surface area contributed by atoms with Crippen molar-refractivity contribution in [2.24, 2.45) is 5.92 Å². The van der Waals surface area contributed by atoms with E-state index < -0.39 is 0 Å². The first kappa shape index (κ1) is 9.10. The van der Waals surface area contributed by atoms with Crippen LogP contribution in [0.3, 0.4) is 0 Å². The smallest absolute Gasteiger partial charge is 0.156 e. The van der Waals surface area contributed by atoms with Gasteiger partial charge in [-0.3, -0.25) is 0 Å². The summed E-state index contributed by atoms with van der Waals surface area (Å²) in [6.07, 6.45) is 1.76. The van der Waals surface area contributed by atoms with Crippen LogP contribution in [0.4, 0.5) is 5.69 Å². The summed E-state index contributed by atoms with van der Waals surface area (Å²) < 4.78 is 4.98. The van der Waals surface area contributed by atoms with Gasteiger partial charge in [0.25, 0.3) is 0 Å². The van der Waals surface area contributed by atoms with E-state index in [0.29, 0.717) is 5.92 Å². The van der Waals surface area contributed by atoms with Gasteiger partial charge in [-0.05, 0) is 12.8 Å². The highest BCUT2D eigenvalue weighted by atomic mass is 16.5. The summed E-state index contributed by atoms with van der Waals surface area (Å²) in [7, 11) is 2.06. The number of nitrogens with zero attached hydrogens (tertiary/aromatic N) is 2. The lowest BCUT2D eigenvalue weighted by atomic mass is 10.2. The number of hydrogen-bond donors (Lipinski definition) is 0. The van der Waals surface area contributed by atoms with E-state index in [1.165, 1.54) is 0 Å². The van der Waals surface area contributed by atoms with Gasteiger partial charge in [-0.2, -0.15) is 0 Å². The zero-order chi connectivity index (χ0) is 9.14. The second kappa shape index (κ2) is 3.61. The van der Waals surface area contributed by atoms with Crippen LogP contribution in [-0.2, 0) is 0 Å². The fourth-order valence-electron chi connectivity index (χ4n) is 1.31. The van der Waals surface area contributed by atoms with Crippen LogP contribution in [0, 0.1) is 12.8 Å². The van der Waals surface area contributed by atoms with Crippen LogP contribution in [0.25, 0.3) is 0 Å². The highest BCUT2D eigenvalue weighted by Crippen LogP contribution is 2.17. The third-order valence-corrected chi connectivity index (χ3v) is 1.78. The predicted molar refractivity (Wildman–Crippen MR) is 49.3 cm³/mol. The molecule has 0 aliphatic rings. The molecule has 3 nitrogen and oxygen atoms in total. The molecule has 0 aromatic carbocycles. The molecule has 0 radical (unpaired) electrons. The van der Waals surface area contributed by atoms with Crippen molar-refractivity contribution in [2.45, 2.75) is 20.8 Å². The Bertz CT molecular complexity index is 242. The quantitative estimate of drug-likeness (QED) is 0.692. The van der Waals surface area contributed by atoms with Crippen molar-refractivity contribution in [1.29, 1.82) is 0 Å². The van der Waals surface area contributed by atoms with Crippen LogP contribution in [0.2, 0.25) is 0 Å². The third kappa shape index (κ3) is 2.00. The van der Waals surface area contributed by atoms with Crippen LogP contribution in [0.15, 0.2) is 10.7 Å². The van der Waals surface area contributed by atoms with Gasteiger partial charge >= 0.3 is 0 Å². The molecule has 0 N–H and O–H groups in total. The Labute approximate surface area is 73.3 Å². The van der Waals surface area contributed by atoms with Gasteiger partial charge in [0.05, 0.1) is 11.9 Å². The molecule has 1 heterocycles. The van der Waals surface area contributed by atoms with E-state index in [0.717, 1.165) is 18.0 Å². The minimum absolute atomic E-state index is 0.657. The molecule has 0 atom stereocenters. The lowest BCUT2D eigenvalue weighted by Crippen LogP contribution is -2.22. The lowest BCUT2D eigenvalue weighted by Gasteiger charge is -2.19. The Kier molecular flexibility index (Phi) is 2.74. The molecular weight excluding hydrogens is 152 g/mol. The highest BCUT2D eigenvalue weighted by Gasteiger charge is 2.08. The maximum atomic E-state index is 4.98. The predicted octanol–water partition coefficient (Wildman–Crippen LogP) is 2.08. The molecule has 0 bridgehead atoms. The molecule has 0 spiro atoms. The van der Waals surface area contributed by atoms with Gasteiger partial charge in [0.2, 0.25) is 0 Å². The Morgan fingerprint density at radius 3 is 2.67 bits per heavy atom. The molecule has 0 fully saturated rings. The van der Waals surface area contributed by atoms with Crippen LogP contribution in [0.5, 0.6) is 0 Å². The Hall–Kier alpha value is -0.990. The van der Waals surface area contributed by atoms with Crippen molar-refractivity contribution >= 4 is 5.69 Å². The van der Waals surface area contributed by atoms with Gasteiger partial charge in [-0.25, -0.2) is 0 Å². The zero-order valence-electron chi connectivity index (χ0n) is 8.16. The van der Waals surface area contributed by atoms with E-state index in [2.05, 4.69) is 31.0 Å². The first-order chi connectivity index (χ1) is 5.61. The summed E-state index contributed by atoms with van der Waals surface area (Å²) in [5, 5.41) is 3.73. The van der Waals surface area contributed by atoms with Crippen molar-refractivity contribution in [3.8, 4) is 0 Å². The largest absolute Gasteiger partial charge is 0.370 e. The summed E-state index contributed by atoms with van der Waals surface area (Å²) in [5.41, 5.74) is 1.09. The van der Waals surface area contributed by atoms with Gasteiger partial charge in [-0.1, -0.05) is 19.0 Å². The van der Waals surface area contributed by atoms with Crippen LogP contribution < -0.4 is 4.90 Å². The van der Waals surface area contributed by atoms with Crippen LogP contribution >= 0.6 is 0 Å². The summed E-state index contributed by atoms with van der Waals surface area (Å²) in [5.74, 6) is 1.54. The van der Waals surface area contributed by atoms with Gasteiger partial charge in [0.15, 0.2) is 5.76 Å². The maximum Gasteiger partial charge on any atom is 0.156 e. The van der Waals surface area contributed by atoms with Crippen LogP contribution in [0.1, 0.15) is 19.6 Å². The highest BCUT2D eigenvalue weighted by molar-refractivity contribution is 5.45. The Morgan fingerprint density at radius 1 is 1.58 bits per heavy atom. The molecular formula is C9H16N2O. The maximum absolute atomic E-state index is 4.98. The summed E-state index contributed by atoms with van der Waals surface area (Å²) in [4.78, 5) is 2.16. The van der Waals surface area contributed by atoms with E-state index >= 15 is 0 Å². The molecule has 0 aliphatic carbocycles. The van der Waals surface area contributed by atoms with Crippen molar-refractivity contribution < 1.29 is 4.52 Å². The van der Waals surface area contributed by atoms with E-state index in [1.807, 2.05) is 6.92 Å². The summed E-state index contributed by atoms with van der Waals surface area (Å²) >= 11 is 0. The first-order valence-electron chi connectivity index (χ1n) is 4.23. The molecule has 0 amide bonds. The minimum atomic E-state index is 0.657. The lowest BCUT2D eigenvalue weighted by molar-refractivity contribution is 0.397. The molecule has 0 saturated heterocycles. The van der Waals surface area contributed by atoms with Gasteiger partial charge < -0.3 is 9.42 Å². The van der Waals surface area contributed by atoms with Crippen molar-refractivity contribution in [2.75, 3.05) is 18.5 Å². The zero-order valence-corrected chi connectivity index (χ0v) is 8.16. The number of aryl methyl sites for hydroxylation is 1. The van der Waals surface area contributed by atoms with E-state index in [4.69, 9.17) is 4.52 Å². The van der Waals surface area contributed by atoms with E-state index in [1.54, 1.807) is 6.20 Å².